The number of hydrogen-bond donors (Lipinski definition) is 3. The van der Waals surface area contributed by atoms with E-state index in [0.717, 1.165) is 24.6 Å². The minimum atomic E-state index is -0.242. The van der Waals surface area contributed by atoms with Crippen LogP contribution in [0.15, 0.2) is 29.6 Å². The van der Waals surface area contributed by atoms with Gasteiger partial charge in [0.25, 0.3) is 0 Å². The van der Waals surface area contributed by atoms with Crippen molar-refractivity contribution >= 4 is 16.5 Å². The van der Waals surface area contributed by atoms with Crippen molar-refractivity contribution in [3.05, 3.63) is 35.5 Å². The third-order valence-corrected chi connectivity index (χ3v) is 3.75. The zero-order valence-electron chi connectivity index (χ0n) is 12.3. The maximum absolute atomic E-state index is 13.7. The van der Waals surface area contributed by atoms with E-state index in [0.29, 0.717) is 11.3 Å². The Morgan fingerprint density at radius 1 is 1.24 bits per heavy atom. The lowest BCUT2D eigenvalue weighted by Gasteiger charge is -2.25. The summed E-state index contributed by atoms with van der Waals surface area (Å²) in [4.78, 5) is 4.42. The number of anilines is 1. The summed E-state index contributed by atoms with van der Waals surface area (Å²) >= 11 is 1.48. The molecule has 1 aromatic carbocycles. The van der Waals surface area contributed by atoms with Gasteiger partial charge in [0.1, 0.15) is 12.1 Å². The Balaban J connectivity index is 0.000000774. The first-order valence-corrected chi connectivity index (χ1v) is 8.14. The fourth-order valence-corrected chi connectivity index (χ4v) is 2.75. The highest BCUT2D eigenvalue weighted by atomic mass is 32.1. The molecule has 3 N–H and O–H groups in total. The van der Waals surface area contributed by atoms with Crippen molar-refractivity contribution < 1.29 is 4.39 Å². The smallest absolute Gasteiger partial charge is 0.185 e. The zero-order valence-corrected chi connectivity index (χ0v) is 13.1. The number of benzene rings is 1. The van der Waals surface area contributed by atoms with Gasteiger partial charge in [0.2, 0.25) is 0 Å². The largest absolute Gasteiger partial charge is 0.334 e. The molecular weight excluding hydrogens is 287 g/mol. The predicted molar refractivity (Wildman–Crippen MR) is 86.9 cm³/mol. The average molecular weight is 308 g/mol. The lowest BCUT2D eigenvalue weighted by Crippen LogP contribution is -2.52. The van der Waals surface area contributed by atoms with E-state index in [1.165, 1.54) is 17.4 Å². The second-order valence-corrected chi connectivity index (χ2v) is 5.21. The highest BCUT2D eigenvalue weighted by molar-refractivity contribution is 7.14. The molecule has 0 unspecified atom stereocenters. The molecule has 4 nitrogen and oxygen atoms in total. The number of thiazole rings is 1. The lowest BCUT2D eigenvalue weighted by molar-refractivity contribution is 0.402. The van der Waals surface area contributed by atoms with Gasteiger partial charge in [0.15, 0.2) is 5.13 Å². The van der Waals surface area contributed by atoms with E-state index in [4.69, 9.17) is 0 Å². The Bertz CT molecular complexity index is 552. The van der Waals surface area contributed by atoms with Crippen LogP contribution in [0.5, 0.6) is 0 Å². The molecule has 114 valence electrons. The van der Waals surface area contributed by atoms with Crippen molar-refractivity contribution in [1.82, 2.24) is 15.6 Å². The summed E-state index contributed by atoms with van der Waals surface area (Å²) in [6.07, 6.45) is 1.16. The zero-order chi connectivity index (χ0) is 15.1. The molecule has 0 bridgehead atoms. The Morgan fingerprint density at radius 2 is 1.95 bits per heavy atom. The number of hydrogen-bond acceptors (Lipinski definition) is 5. The number of nitrogens with zero attached hydrogens (tertiary/aromatic N) is 1. The molecule has 0 spiro atoms. The molecule has 1 saturated heterocycles. The first-order chi connectivity index (χ1) is 10.3. The average Bonchev–Trinajstić information content (AvgIpc) is 2.99. The molecule has 0 radical (unpaired) electrons. The van der Waals surface area contributed by atoms with Gasteiger partial charge < -0.3 is 5.32 Å². The summed E-state index contributed by atoms with van der Waals surface area (Å²) in [6, 6.07) is 6.69. The highest BCUT2D eigenvalue weighted by Crippen LogP contribution is 2.26. The summed E-state index contributed by atoms with van der Waals surface area (Å²) in [6.45, 7) is 5.96. The van der Waals surface area contributed by atoms with Crippen LogP contribution in [0.25, 0.3) is 11.3 Å². The van der Waals surface area contributed by atoms with Crippen LogP contribution in [0, 0.1) is 5.82 Å². The molecule has 1 fully saturated rings. The second-order valence-electron chi connectivity index (χ2n) is 4.36. The molecule has 1 aliphatic rings. The van der Waals surface area contributed by atoms with Gasteiger partial charge in [-0.05, 0) is 31.6 Å². The highest BCUT2D eigenvalue weighted by Gasteiger charge is 2.14. The van der Waals surface area contributed by atoms with Crippen LogP contribution in [0.4, 0.5) is 9.52 Å². The Labute approximate surface area is 128 Å². The number of halogens is 1. The van der Waals surface area contributed by atoms with E-state index in [1.54, 1.807) is 12.1 Å². The van der Waals surface area contributed by atoms with Gasteiger partial charge in [0.05, 0.1) is 5.69 Å². The molecule has 1 aromatic heterocycles. The van der Waals surface area contributed by atoms with E-state index in [-0.39, 0.29) is 12.1 Å². The molecule has 2 aromatic rings. The molecule has 3 rings (SSSR count). The number of rotatable bonds is 3. The second kappa shape index (κ2) is 8.07. The first-order valence-electron chi connectivity index (χ1n) is 7.27. The fraction of sp³-hybridized carbons (Fsp3) is 0.400. The van der Waals surface area contributed by atoms with Gasteiger partial charge in [-0.2, -0.15) is 0 Å². The Morgan fingerprint density at radius 3 is 2.67 bits per heavy atom. The van der Waals surface area contributed by atoms with Crippen LogP contribution in [0.2, 0.25) is 0 Å². The van der Waals surface area contributed by atoms with Crippen molar-refractivity contribution in [1.29, 1.82) is 0 Å². The van der Waals surface area contributed by atoms with Crippen molar-refractivity contribution in [3.8, 4) is 11.3 Å². The summed E-state index contributed by atoms with van der Waals surface area (Å²) in [5, 5.41) is 12.5. The van der Waals surface area contributed by atoms with E-state index in [2.05, 4.69) is 20.9 Å². The van der Waals surface area contributed by atoms with Crippen LogP contribution in [-0.2, 0) is 0 Å². The summed E-state index contributed by atoms with van der Waals surface area (Å²) in [5.74, 6) is -0.242. The van der Waals surface area contributed by atoms with Crippen molar-refractivity contribution in [2.24, 2.45) is 0 Å². The van der Waals surface area contributed by atoms with Crippen molar-refractivity contribution in [2.75, 3.05) is 18.4 Å². The van der Waals surface area contributed by atoms with E-state index < -0.39 is 0 Å². The minimum absolute atomic E-state index is 0.0355. The Kier molecular flexibility index (Phi) is 6.10. The first kappa shape index (κ1) is 15.9. The van der Waals surface area contributed by atoms with Crippen LogP contribution in [-0.4, -0.2) is 24.4 Å². The normalized spacial score (nSPS) is 15.2. The summed E-state index contributed by atoms with van der Waals surface area (Å²) < 4.78 is 13.7. The molecule has 0 aliphatic carbocycles. The van der Waals surface area contributed by atoms with Crippen molar-refractivity contribution in [3.63, 3.8) is 0 Å². The van der Waals surface area contributed by atoms with Crippen LogP contribution in [0.3, 0.4) is 0 Å². The van der Waals surface area contributed by atoms with Crippen molar-refractivity contribution in [2.45, 2.75) is 26.6 Å². The molecule has 0 atom stereocenters. The fourth-order valence-electron chi connectivity index (χ4n) is 2.01. The minimum Gasteiger partial charge on any atom is -0.334 e. The molecule has 0 saturated carbocycles. The number of nitrogens with one attached hydrogen (secondary N) is 3. The van der Waals surface area contributed by atoms with Crippen LogP contribution >= 0.6 is 11.3 Å². The van der Waals surface area contributed by atoms with E-state index >= 15 is 0 Å². The van der Waals surface area contributed by atoms with E-state index in [1.807, 2.05) is 25.3 Å². The lowest BCUT2D eigenvalue weighted by atomic mass is 10.2. The third-order valence-electron chi connectivity index (χ3n) is 2.97. The standard InChI is InChI=1S/C13H15FN4S.C2H6/c14-10-5-2-1-4-9(10)11-8-19-13(17-11)18-12-15-6-3-7-16-12;1-2/h1-2,4-5,8,12,15-16H,3,6-7H2,(H,17,18);1-2H3. The molecule has 1 aliphatic heterocycles. The van der Waals surface area contributed by atoms with Crippen LogP contribution in [0.1, 0.15) is 20.3 Å². The number of aromatic nitrogens is 1. The quantitative estimate of drug-likeness (QED) is 0.814. The van der Waals surface area contributed by atoms with E-state index in [9.17, 15) is 4.39 Å². The Hall–Kier alpha value is -1.50. The maximum Gasteiger partial charge on any atom is 0.185 e. The van der Waals surface area contributed by atoms with Gasteiger partial charge in [0, 0.05) is 10.9 Å². The molecule has 0 amide bonds. The van der Waals surface area contributed by atoms with Crippen LogP contribution < -0.4 is 16.0 Å². The van der Waals surface area contributed by atoms with Gasteiger partial charge in [-0.1, -0.05) is 26.0 Å². The summed E-state index contributed by atoms with van der Waals surface area (Å²) in [7, 11) is 0. The van der Waals surface area contributed by atoms with Gasteiger partial charge in [-0.3, -0.25) is 10.6 Å². The van der Waals surface area contributed by atoms with Gasteiger partial charge in [-0.25, -0.2) is 9.37 Å². The molecule has 6 heteroatoms. The monoisotopic (exact) mass is 308 g/mol. The molecule has 21 heavy (non-hydrogen) atoms. The maximum atomic E-state index is 13.7. The summed E-state index contributed by atoms with van der Waals surface area (Å²) in [5.41, 5.74) is 1.21. The third kappa shape index (κ3) is 4.23. The van der Waals surface area contributed by atoms with Gasteiger partial charge in [-0.15, -0.1) is 11.3 Å². The molecule has 2 heterocycles. The predicted octanol–water partition coefficient (Wildman–Crippen LogP) is 3.25. The SMILES string of the molecule is CC.Fc1ccccc1-c1csc(NC2NCCCN2)n1. The topological polar surface area (TPSA) is 49.0 Å². The van der Waals surface area contributed by atoms with Gasteiger partial charge >= 0.3 is 0 Å². The molecular formula is C15H21FN4S.